The van der Waals surface area contributed by atoms with Gasteiger partial charge in [0.1, 0.15) is 33.6 Å². The second kappa shape index (κ2) is 19.7. The third-order valence-corrected chi connectivity index (χ3v) is 19.5. The highest BCUT2D eigenvalue weighted by Gasteiger charge is 2.25. The van der Waals surface area contributed by atoms with E-state index < -0.39 is 0 Å². The molecule has 0 aliphatic rings. The number of benzene rings is 10. The van der Waals surface area contributed by atoms with Crippen molar-refractivity contribution in [1.29, 1.82) is 0 Å². The number of furan rings is 3. The van der Waals surface area contributed by atoms with Gasteiger partial charge in [-0.15, -0.1) is 0 Å². The van der Waals surface area contributed by atoms with Crippen LogP contribution in [-0.4, -0.2) is 38.2 Å². The van der Waals surface area contributed by atoms with E-state index >= 15 is 0 Å². The monoisotopic (exact) mass is 1220 g/mol. The highest BCUT2D eigenvalue weighted by atomic mass is 16.3. The molecular weight excluding hydrogens is 1170 g/mol. The van der Waals surface area contributed by atoms with E-state index in [4.69, 9.17) is 33.2 Å². The van der Waals surface area contributed by atoms with E-state index in [1.807, 2.05) is 61.4 Å². The largest absolute Gasteiger partial charge is 0.464 e. The molecule has 11 aromatic heterocycles. The average Bonchev–Trinajstić information content (AvgIpc) is 1.64. The molecule has 0 spiro atoms. The minimum Gasteiger partial charge on any atom is -0.464 e. The first-order chi connectivity index (χ1) is 47.1. The van der Waals surface area contributed by atoms with E-state index in [2.05, 4.69) is 237 Å². The second-order valence-electron chi connectivity index (χ2n) is 24.7. The molecule has 21 aromatic rings. The zero-order chi connectivity index (χ0) is 62.0. The van der Waals surface area contributed by atoms with Gasteiger partial charge in [0, 0.05) is 112 Å². The van der Waals surface area contributed by atoms with Gasteiger partial charge in [-0.05, 0) is 191 Å². The Hall–Kier alpha value is -13.1. The molecule has 21 rings (SSSR count). The van der Waals surface area contributed by atoms with Crippen molar-refractivity contribution in [2.75, 3.05) is 0 Å². The molecule has 442 valence electrons. The molecule has 0 bridgehead atoms. The highest BCUT2D eigenvalue weighted by molar-refractivity contribution is 6.18. The molecule has 0 fully saturated rings. The summed E-state index contributed by atoms with van der Waals surface area (Å²) in [6.45, 7) is 0. The number of nitrogens with zero attached hydrogens (tertiary/aromatic N) is 8. The average molecular weight is 1220 g/mol. The predicted molar refractivity (Wildman–Crippen MR) is 384 cm³/mol. The van der Waals surface area contributed by atoms with Crippen LogP contribution < -0.4 is 0 Å². The Balaban J connectivity index is 0.883. The van der Waals surface area contributed by atoms with Crippen molar-refractivity contribution in [2.45, 2.75) is 0 Å². The molecule has 0 atom stereocenters. The van der Waals surface area contributed by atoms with Crippen LogP contribution in [-0.2, 0) is 0 Å². The third kappa shape index (κ3) is 7.63. The molecule has 0 saturated carbocycles. The van der Waals surface area contributed by atoms with Crippen LogP contribution in [0.15, 0.2) is 306 Å². The molecule has 0 radical (unpaired) electrons. The van der Waals surface area contributed by atoms with Gasteiger partial charge in [-0.2, -0.15) is 0 Å². The van der Waals surface area contributed by atoms with Crippen LogP contribution in [0.2, 0.25) is 0 Å². The van der Waals surface area contributed by atoms with Crippen LogP contribution in [0.5, 0.6) is 0 Å². The van der Waals surface area contributed by atoms with E-state index in [0.29, 0.717) is 0 Å². The second-order valence-corrected chi connectivity index (χ2v) is 24.7. The molecular formula is C84H48N8O3. The van der Waals surface area contributed by atoms with Crippen molar-refractivity contribution < 1.29 is 13.3 Å². The summed E-state index contributed by atoms with van der Waals surface area (Å²) in [6.07, 6.45) is 14.9. The van der Waals surface area contributed by atoms with Gasteiger partial charge >= 0.3 is 0 Å². The van der Waals surface area contributed by atoms with Crippen LogP contribution in [0.1, 0.15) is 0 Å². The van der Waals surface area contributed by atoms with Gasteiger partial charge < -0.3 is 22.4 Å². The molecule has 95 heavy (non-hydrogen) atoms. The van der Waals surface area contributed by atoms with Crippen molar-refractivity contribution in [3.8, 4) is 67.3 Å². The number of rotatable bonds is 8. The first-order valence-corrected chi connectivity index (χ1v) is 31.8. The van der Waals surface area contributed by atoms with Gasteiger partial charge in [-0.3, -0.25) is 19.1 Å². The Morgan fingerprint density at radius 2 is 0.642 bits per heavy atom. The Labute approximate surface area is 539 Å². The molecule has 11 heteroatoms. The smallest absolute Gasteiger partial charge is 0.145 e. The van der Waals surface area contributed by atoms with Crippen LogP contribution >= 0.6 is 0 Å². The first-order valence-electron chi connectivity index (χ1n) is 31.8. The summed E-state index contributed by atoms with van der Waals surface area (Å²) in [7, 11) is 0. The number of hydrogen-bond donors (Lipinski definition) is 0. The van der Waals surface area contributed by atoms with E-state index in [1.165, 1.54) is 21.5 Å². The molecule has 0 aliphatic heterocycles. The normalized spacial score (nSPS) is 12.2. The van der Waals surface area contributed by atoms with Crippen LogP contribution in [0.4, 0.5) is 0 Å². The van der Waals surface area contributed by atoms with Crippen LogP contribution in [0.3, 0.4) is 0 Å². The first kappa shape index (κ1) is 51.6. The Morgan fingerprint density at radius 3 is 1.07 bits per heavy atom. The van der Waals surface area contributed by atoms with Crippen LogP contribution in [0, 0.1) is 0 Å². The van der Waals surface area contributed by atoms with Gasteiger partial charge in [0.05, 0.1) is 69.4 Å². The number of pyridine rings is 4. The number of aromatic nitrogens is 8. The summed E-state index contributed by atoms with van der Waals surface area (Å²) >= 11 is 0. The fourth-order valence-corrected chi connectivity index (χ4v) is 15.4. The van der Waals surface area contributed by atoms with Gasteiger partial charge in [0.2, 0.25) is 0 Å². The number of hydrogen-bond acceptors (Lipinski definition) is 7. The van der Waals surface area contributed by atoms with Gasteiger partial charge in [-0.1, -0.05) is 84.9 Å². The van der Waals surface area contributed by atoms with Crippen molar-refractivity contribution >= 4 is 131 Å². The zero-order valence-corrected chi connectivity index (χ0v) is 50.5. The van der Waals surface area contributed by atoms with E-state index in [0.717, 1.165) is 177 Å². The summed E-state index contributed by atoms with van der Waals surface area (Å²) in [5.74, 6) is 0. The molecule has 11 nitrogen and oxygen atoms in total. The maximum atomic E-state index is 7.61. The van der Waals surface area contributed by atoms with Gasteiger partial charge in [-0.25, -0.2) is 9.97 Å². The van der Waals surface area contributed by atoms with E-state index in [1.54, 1.807) is 12.5 Å². The number of fused-ring (bicyclic) bond motifs is 17. The molecule has 10 aromatic carbocycles. The highest BCUT2D eigenvalue weighted by Crippen LogP contribution is 2.48. The standard InChI is InChI=1S/C84H48N8O3/c1-5-17-73-61(11-1)62-12-2-6-18-74(62)89(73)57-37-53(39-59(45-57)91-77-47-85-31-25-65(77)67-15-9-29-87-83(67)91)55-41-69(49-21-23-79-51(35-49)27-33-93-79)81-71(43-55)72-44-56(42-70(82(72)95-81)50-22-24-80-52(36-50)28-34-94-80)54-38-58(90-75-19-7-3-13-63(75)64-14-4-8-20-76(64)90)46-60(40-54)92-78-48-86-32-26-66(78)68-16-10-30-88-84(68)92/h1-48H. The lowest BCUT2D eigenvalue weighted by molar-refractivity contribution is 0.615. The Bertz CT molecular complexity index is 5940. The lowest BCUT2D eigenvalue weighted by Crippen LogP contribution is -2.01. The SMILES string of the molecule is c1ccc2c(c1)c1ccccc1n2-c1cc(-c2cc(-c3ccc4occc4c3)c3oc4c(-c5ccc6occc6c5)cc(-c5cc(-n6c7ccccc7c7ccccc76)cc(-n6c7cnccc7c7cccnc76)c5)cc4c3c2)cc(-n2c3cnccc3c3cccnc32)c1. The summed E-state index contributed by atoms with van der Waals surface area (Å²) in [5.41, 5.74) is 22.9. The molecule has 0 N–H and O–H groups in total. The van der Waals surface area contributed by atoms with Gasteiger partial charge in [0.15, 0.2) is 0 Å². The van der Waals surface area contributed by atoms with Crippen LogP contribution in [0.25, 0.3) is 199 Å². The topological polar surface area (TPSA) is 111 Å². The summed E-state index contributed by atoms with van der Waals surface area (Å²) in [6, 6.07) is 87.3. The van der Waals surface area contributed by atoms with Crippen molar-refractivity contribution in [3.63, 3.8) is 0 Å². The summed E-state index contributed by atoms with van der Waals surface area (Å²) in [5, 5.41) is 12.8. The summed E-state index contributed by atoms with van der Waals surface area (Å²) < 4.78 is 28.9. The maximum absolute atomic E-state index is 7.61. The molecule has 0 aliphatic carbocycles. The van der Waals surface area contributed by atoms with Crippen molar-refractivity contribution in [1.82, 2.24) is 38.2 Å². The zero-order valence-electron chi connectivity index (χ0n) is 50.5. The van der Waals surface area contributed by atoms with Crippen molar-refractivity contribution in [3.05, 3.63) is 292 Å². The summed E-state index contributed by atoms with van der Waals surface area (Å²) in [4.78, 5) is 19.6. The quantitative estimate of drug-likeness (QED) is 0.149. The van der Waals surface area contributed by atoms with E-state index in [-0.39, 0.29) is 0 Å². The molecule has 0 amide bonds. The predicted octanol–water partition coefficient (Wildman–Crippen LogP) is 21.7. The minimum absolute atomic E-state index is 0.759. The Kier molecular flexibility index (Phi) is 10.7. The number of para-hydroxylation sites is 4. The third-order valence-electron chi connectivity index (χ3n) is 19.5. The lowest BCUT2D eigenvalue weighted by Gasteiger charge is -2.16. The van der Waals surface area contributed by atoms with Gasteiger partial charge in [0.25, 0.3) is 0 Å². The fraction of sp³-hybridized carbons (Fsp3) is 0. The maximum Gasteiger partial charge on any atom is 0.145 e. The molecule has 0 saturated heterocycles. The van der Waals surface area contributed by atoms with Crippen molar-refractivity contribution in [2.24, 2.45) is 0 Å². The minimum atomic E-state index is 0.759. The lowest BCUT2D eigenvalue weighted by atomic mass is 9.92. The Morgan fingerprint density at radius 1 is 0.263 bits per heavy atom. The fourth-order valence-electron chi connectivity index (χ4n) is 15.4. The van der Waals surface area contributed by atoms with E-state index in [9.17, 15) is 0 Å². The molecule has 11 heterocycles. The molecule has 0 unspecified atom stereocenters.